The fourth-order valence-corrected chi connectivity index (χ4v) is 5.37. The number of rotatable bonds is 5. The monoisotopic (exact) mass is 468 g/mol. The van der Waals surface area contributed by atoms with Crippen LogP contribution in [-0.4, -0.2) is 62.6 Å². The number of piperidine rings is 2. The van der Waals surface area contributed by atoms with Crippen LogP contribution in [0.3, 0.4) is 0 Å². The molecule has 3 aromatic rings. The Labute approximate surface area is 200 Å². The van der Waals surface area contributed by atoms with Gasteiger partial charge in [0.1, 0.15) is 5.82 Å². The molecule has 2 saturated heterocycles. The van der Waals surface area contributed by atoms with Gasteiger partial charge in [0.25, 0.3) is 0 Å². The zero-order valence-corrected chi connectivity index (χ0v) is 20.5. The van der Waals surface area contributed by atoms with Gasteiger partial charge >= 0.3 is 0 Å². The van der Waals surface area contributed by atoms with Crippen molar-refractivity contribution in [3.05, 3.63) is 35.5 Å². The average molecular weight is 469 g/mol. The minimum Gasteiger partial charge on any atom is -0.364 e. The number of hydrogen-bond donors (Lipinski definition) is 1. The first-order valence-electron chi connectivity index (χ1n) is 12.0. The van der Waals surface area contributed by atoms with E-state index < -0.39 is 0 Å². The summed E-state index contributed by atoms with van der Waals surface area (Å²) in [7, 11) is 2.24. The highest BCUT2D eigenvalue weighted by Gasteiger charge is 2.37. The van der Waals surface area contributed by atoms with Gasteiger partial charge in [-0.15, -0.1) is 0 Å². The van der Waals surface area contributed by atoms with E-state index in [2.05, 4.69) is 57.0 Å². The summed E-state index contributed by atoms with van der Waals surface area (Å²) in [6.07, 6.45) is 8.83. The molecule has 0 radical (unpaired) electrons. The Hall–Kier alpha value is -2.45. The smallest absolute Gasteiger partial charge is 0.226 e. The highest BCUT2D eigenvalue weighted by Crippen LogP contribution is 2.42. The number of hydrogen-bond acceptors (Lipinski definition) is 7. The molecule has 0 amide bonds. The van der Waals surface area contributed by atoms with E-state index in [0.717, 1.165) is 35.6 Å². The molecule has 0 saturated carbocycles. The Kier molecular flexibility index (Phi) is 6.14. The number of nitrogens with zero attached hydrogens (tertiary/aromatic N) is 7. The van der Waals surface area contributed by atoms with Gasteiger partial charge in [0, 0.05) is 37.4 Å². The molecule has 2 aliphatic heterocycles. The first kappa shape index (κ1) is 22.3. The van der Waals surface area contributed by atoms with Crippen LogP contribution in [0.5, 0.6) is 0 Å². The topological polar surface area (TPSA) is 75.0 Å². The average Bonchev–Trinajstić information content (AvgIpc) is 3.25. The van der Waals surface area contributed by atoms with Crippen molar-refractivity contribution in [1.29, 1.82) is 0 Å². The van der Waals surface area contributed by atoms with Crippen LogP contribution < -0.4 is 10.2 Å². The lowest BCUT2D eigenvalue weighted by atomic mass is 9.71. The number of anilines is 2. The molecule has 0 atom stereocenters. The van der Waals surface area contributed by atoms with E-state index in [1.165, 1.54) is 38.8 Å². The third-order valence-electron chi connectivity index (χ3n) is 7.44. The van der Waals surface area contributed by atoms with Crippen LogP contribution in [0.15, 0.2) is 24.7 Å². The minimum absolute atomic E-state index is 0.221. The fourth-order valence-electron chi connectivity index (χ4n) is 5.21. The molecule has 5 rings (SSSR count). The second-order valence-corrected chi connectivity index (χ2v) is 10.2. The number of likely N-dealkylation sites (tertiary alicyclic amines) is 1. The molecular formula is C24H33ClN8. The standard InChI is InChI=1S/C24H33ClN8/c1-17(2)33-16-28-19-20(29-23(25)30-22(19)33)27-15-18-5-4-10-26-21(18)32-13-8-24(9-14-32)6-11-31(3)12-7-24/h4-5,10,16-17H,6-9,11-15H2,1-3H3,(H,27,29,30). The van der Waals surface area contributed by atoms with Crippen molar-refractivity contribution in [2.45, 2.75) is 52.1 Å². The number of halogens is 1. The van der Waals surface area contributed by atoms with Gasteiger partial charge in [0.15, 0.2) is 17.0 Å². The minimum atomic E-state index is 0.221. The summed E-state index contributed by atoms with van der Waals surface area (Å²) in [6.45, 7) is 9.38. The number of pyridine rings is 1. The largest absolute Gasteiger partial charge is 0.364 e. The Balaban J connectivity index is 1.32. The molecule has 1 N–H and O–H groups in total. The normalized spacial score (nSPS) is 19.0. The lowest BCUT2D eigenvalue weighted by molar-refractivity contribution is 0.0943. The molecule has 2 aliphatic rings. The van der Waals surface area contributed by atoms with Crippen molar-refractivity contribution in [2.24, 2.45) is 5.41 Å². The molecule has 5 heterocycles. The Morgan fingerprint density at radius 1 is 1.06 bits per heavy atom. The summed E-state index contributed by atoms with van der Waals surface area (Å²) in [6, 6.07) is 4.38. The number of nitrogens with one attached hydrogen (secondary N) is 1. The molecule has 176 valence electrons. The molecule has 33 heavy (non-hydrogen) atoms. The van der Waals surface area contributed by atoms with Crippen molar-refractivity contribution < 1.29 is 0 Å². The Morgan fingerprint density at radius 2 is 1.79 bits per heavy atom. The van der Waals surface area contributed by atoms with Crippen LogP contribution in [0.25, 0.3) is 11.2 Å². The number of aromatic nitrogens is 5. The maximum atomic E-state index is 6.25. The van der Waals surface area contributed by atoms with Crippen LogP contribution in [0.2, 0.25) is 5.28 Å². The molecule has 2 fully saturated rings. The number of imidazole rings is 1. The SMILES string of the molecule is CC(C)n1cnc2c(NCc3cccnc3N3CCC4(CCN(C)CC4)CC3)nc(Cl)nc21. The molecule has 0 unspecified atom stereocenters. The lowest BCUT2D eigenvalue weighted by Gasteiger charge is -2.46. The predicted octanol–water partition coefficient (Wildman–Crippen LogP) is 4.38. The molecule has 0 aromatic carbocycles. The molecule has 9 heteroatoms. The molecular weight excluding hydrogens is 436 g/mol. The fraction of sp³-hybridized carbons (Fsp3) is 0.583. The van der Waals surface area contributed by atoms with Crippen molar-refractivity contribution in [1.82, 2.24) is 29.4 Å². The quantitative estimate of drug-likeness (QED) is 0.557. The van der Waals surface area contributed by atoms with Crippen LogP contribution >= 0.6 is 11.6 Å². The second kappa shape index (κ2) is 9.06. The van der Waals surface area contributed by atoms with Crippen LogP contribution in [0.1, 0.15) is 51.1 Å². The van der Waals surface area contributed by atoms with Crippen molar-refractivity contribution in [3.8, 4) is 0 Å². The van der Waals surface area contributed by atoms with Gasteiger partial charge in [-0.2, -0.15) is 9.97 Å². The first-order chi connectivity index (χ1) is 15.9. The van der Waals surface area contributed by atoms with E-state index >= 15 is 0 Å². The summed E-state index contributed by atoms with van der Waals surface area (Å²) < 4.78 is 2.01. The summed E-state index contributed by atoms with van der Waals surface area (Å²) >= 11 is 6.25. The number of fused-ring (bicyclic) bond motifs is 1. The molecule has 0 aliphatic carbocycles. The van der Waals surface area contributed by atoms with Gasteiger partial charge in [-0.3, -0.25) is 0 Å². The van der Waals surface area contributed by atoms with Gasteiger partial charge in [-0.05, 0) is 82.8 Å². The molecule has 3 aromatic heterocycles. The van der Waals surface area contributed by atoms with Gasteiger partial charge in [-0.25, -0.2) is 9.97 Å². The van der Waals surface area contributed by atoms with Crippen LogP contribution in [0.4, 0.5) is 11.6 Å². The molecule has 0 bridgehead atoms. The summed E-state index contributed by atoms with van der Waals surface area (Å²) in [5.74, 6) is 1.72. The zero-order valence-electron chi connectivity index (χ0n) is 19.8. The third-order valence-corrected chi connectivity index (χ3v) is 7.60. The first-order valence-corrected chi connectivity index (χ1v) is 12.3. The van der Waals surface area contributed by atoms with E-state index in [0.29, 0.717) is 17.8 Å². The van der Waals surface area contributed by atoms with E-state index in [1.807, 2.05) is 16.8 Å². The van der Waals surface area contributed by atoms with E-state index in [9.17, 15) is 0 Å². The summed E-state index contributed by atoms with van der Waals surface area (Å²) in [5, 5.41) is 3.68. The van der Waals surface area contributed by atoms with Crippen molar-refractivity contribution in [3.63, 3.8) is 0 Å². The van der Waals surface area contributed by atoms with Crippen LogP contribution in [-0.2, 0) is 6.54 Å². The van der Waals surface area contributed by atoms with Gasteiger partial charge in [0.05, 0.1) is 6.33 Å². The van der Waals surface area contributed by atoms with Crippen molar-refractivity contribution in [2.75, 3.05) is 43.4 Å². The maximum Gasteiger partial charge on any atom is 0.226 e. The van der Waals surface area contributed by atoms with E-state index in [-0.39, 0.29) is 11.3 Å². The van der Waals surface area contributed by atoms with E-state index in [4.69, 9.17) is 16.6 Å². The second-order valence-electron chi connectivity index (χ2n) is 9.89. The van der Waals surface area contributed by atoms with Crippen LogP contribution in [0, 0.1) is 5.41 Å². The molecule has 1 spiro atoms. The van der Waals surface area contributed by atoms with E-state index in [1.54, 1.807) is 6.33 Å². The summed E-state index contributed by atoms with van der Waals surface area (Å²) in [5.41, 5.74) is 3.16. The van der Waals surface area contributed by atoms with Crippen molar-refractivity contribution >= 4 is 34.4 Å². The Bertz CT molecular complexity index is 1110. The highest BCUT2D eigenvalue weighted by atomic mass is 35.5. The van der Waals surface area contributed by atoms with Gasteiger partial charge in [0.2, 0.25) is 5.28 Å². The predicted molar refractivity (Wildman–Crippen MR) is 133 cm³/mol. The lowest BCUT2D eigenvalue weighted by Crippen LogP contribution is -2.46. The van der Waals surface area contributed by atoms with Gasteiger partial charge < -0.3 is 19.7 Å². The highest BCUT2D eigenvalue weighted by molar-refractivity contribution is 6.28. The van der Waals surface area contributed by atoms with Gasteiger partial charge in [-0.1, -0.05) is 6.07 Å². The Morgan fingerprint density at radius 3 is 2.52 bits per heavy atom. The molecule has 8 nitrogen and oxygen atoms in total. The maximum absolute atomic E-state index is 6.25. The third kappa shape index (κ3) is 4.51. The summed E-state index contributed by atoms with van der Waals surface area (Å²) in [4.78, 5) is 23.1. The zero-order chi connectivity index (χ0) is 23.0.